The molecule has 1 rings (SSSR count). The molecule has 0 bridgehead atoms. The number of carbonyl (C=O) groups excluding carboxylic acids is 1. The highest BCUT2D eigenvalue weighted by molar-refractivity contribution is 5.86. The lowest BCUT2D eigenvalue weighted by Crippen LogP contribution is -2.30. The second-order valence-electron chi connectivity index (χ2n) is 3.77. The van der Waals surface area contributed by atoms with E-state index in [-0.39, 0.29) is 19.3 Å². The Bertz CT molecular complexity index is 376. The Kier molecular flexibility index (Phi) is 5.23. The van der Waals surface area contributed by atoms with Gasteiger partial charge in [0.25, 0.3) is 0 Å². The maximum Gasteiger partial charge on any atom is 0.333 e. The first kappa shape index (κ1) is 13.3. The van der Waals surface area contributed by atoms with Crippen LogP contribution in [0, 0.1) is 0 Å². The molecule has 0 saturated heterocycles. The zero-order valence-electron chi connectivity index (χ0n) is 9.85. The fourth-order valence-corrected chi connectivity index (χ4v) is 1.21. The van der Waals surface area contributed by atoms with Gasteiger partial charge in [-0.25, -0.2) is 4.79 Å². The molecule has 0 radical (unpaired) electrons. The summed E-state index contributed by atoms with van der Waals surface area (Å²) in [6.07, 6.45) is 0. The lowest BCUT2D eigenvalue weighted by atomic mass is 10.2. The molecule has 0 aromatic heterocycles. The fourth-order valence-electron chi connectivity index (χ4n) is 1.21. The summed E-state index contributed by atoms with van der Waals surface area (Å²) < 4.78 is 4.97. The number of rotatable bonds is 6. The minimum Gasteiger partial charge on any atom is -0.460 e. The molecule has 0 fully saturated rings. The Balaban J connectivity index is 2.44. The third-order valence-electron chi connectivity index (χ3n) is 2.13. The number of carbonyl (C=O) groups is 1. The maximum atomic E-state index is 11.2. The van der Waals surface area contributed by atoms with E-state index in [0.717, 1.165) is 5.69 Å². The molecule has 0 aliphatic rings. The molecular formula is C13H17NO3. The van der Waals surface area contributed by atoms with Crippen molar-refractivity contribution in [1.29, 1.82) is 0 Å². The second-order valence-corrected chi connectivity index (χ2v) is 3.77. The van der Waals surface area contributed by atoms with Crippen LogP contribution in [0.2, 0.25) is 0 Å². The first-order valence-electron chi connectivity index (χ1n) is 5.38. The van der Waals surface area contributed by atoms with Gasteiger partial charge in [0.2, 0.25) is 0 Å². The maximum absolute atomic E-state index is 11.2. The van der Waals surface area contributed by atoms with E-state index in [2.05, 4.69) is 11.9 Å². The number of nitrogens with one attached hydrogen (secondary N) is 1. The quantitative estimate of drug-likeness (QED) is 0.580. The predicted molar refractivity (Wildman–Crippen MR) is 66.7 cm³/mol. The Labute approximate surface area is 101 Å². The standard InChI is InChI=1S/C13H17NO3/c1-10(2)13(16)17-9-12(8-15)14-11-6-4-3-5-7-11/h3-7,12,14-15H,1,8-9H2,2H3. The van der Waals surface area contributed by atoms with Crippen molar-refractivity contribution in [3.8, 4) is 0 Å². The lowest BCUT2D eigenvalue weighted by Gasteiger charge is -2.17. The molecule has 1 aromatic carbocycles. The van der Waals surface area contributed by atoms with Gasteiger partial charge in [0.1, 0.15) is 6.61 Å². The Morgan fingerprint density at radius 1 is 1.47 bits per heavy atom. The highest BCUT2D eigenvalue weighted by Gasteiger charge is 2.11. The van der Waals surface area contributed by atoms with E-state index in [4.69, 9.17) is 9.84 Å². The van der Waals surface area contributed by atoms with Gasteiger partial charge in [-0.3, -0.25) is 0 Å². The first-order chi connectivity index (χ1) is 8.13. The van der Waals surface area contributed by atoms with Gasteiger partial charge in [-0.2, -0.15) is 0 Å². The van der Waals surface area contributed by atoms with Crippen LogP contribution in [0.1, 0.15) is 6.92 Å². The third-order valence-corrected chi connectivity index (χ3v) is 2.13. The molecule has 1 aromatic rings. The Morgan fingerprint density at radius 2 is 2.12 bits per heavy atom. The number of benzene rings is 1. The summed E-state index contributed by atoms with van der Waals surface area (Å²) in [5, 5.41) is 12.2. The van der Waals surface area contributed by atoms with Crippen molar-refractivity contribution in [2.75, 3.05) is 18.5 Å². The molecule has 17 heavy (non-hydrogen) atoms. The van der Waals surface area contributed by atoms with Gasteiger partial charge in [0.05, 0.1) is 12.6 Å². The number of esters is 1. The number of aliphatic hydroxyl groups excluding tert-OH is 1. The van der Waals surface area contributed by atoms with Crippen molar-refractivity contribution in [2.45, 2.75) is 13.0 Å². The summed E-state index contributed by atoms with van der Waals surface area (Å²) in [5.41, 5.74) is 1.22. The third kappa shape index (κ3) is 4.70. The summed E-state index contributed by atoms with van der Waals surface area (Å²) in [6.45, 7) is 5.07. The van der Waals surface area contributed by atoms with Crippen LogP contribution in [-0.2, 0) is 9.53 Å². The number of ether oxygens (including phenoxy) is 1. The van der Waals surface area contributed by atoms with Crippen LogP contribution in [0.25, 0.3) is 0 Å². The molecule has 4 nitrogen and oxygen atoms in total. The van der Waals surface area contributed by atoms with Crippen LogP contribution in [-0.4, -0.2) is 30.3 Å². The smallest absolute Gasteiger partial charge is 0.333 e. The van der Waals surface area contributed by atoms with Gasteiger partial charge in [-0.15, -0.1) is 0 Å². The van der Waals surface area contributed by atoms with E-state index in [1.807, 2.05) is 30.3 Å². The number of aliphatic hydroxyl groups is 1. The van der Waals surface area contributed by atoms with Gasteiger partial charge in [0, 0.05) is 11.3 Å². The molecule has 0 heterocycles. The van der Waals surface area contributed by atoms with Crippen molar-refractivity contribution in [3.05, 3.63) is 42.5 Å². The van der Waals surface area contributed by atoms with Gasteiger partial charge in [-0.1, -0.05) is 24.8 Å². The minimum atomic E-state index is -0.446. The number of hydrogen-bond donors (Lipinski definition) is 2. The average Bonchev–Trinajstić information content (AvgIpc) is 2.35. The highest BCUT2D eigenvalue weighted by Crippen LogP contribution is 2.07. The lowest BCUT2D eigenvalue weighted by molar-refractivity contribution is -0.139. The fraction of sp³-hybridized carbons (Fsp3) is 0.308. The summed E-state index contributed by atoms with van der Waals surface area (Å²) in [7, 11) is 0. The van der Waals surface area contributed by atoms with Crippen LogP contribution >= 0.6 is 0 Å². The van der Waals surface area contributed by atoms with Crippen LogP contribution < -0.4 is 5.32 Å². The predicted octanol–water partition coefficient (Wildman–Crippen LogP) is 1.58. The van der Waals surface area contributed by atoms with Crippen molar-refractivity contribution >= 4 is 11.7 Å². The van der Waals surface area contributed by atoms with Crippen LogP contribution in [0.5, 0.6) is 0 Å². The average molecular weight is 235 g/mol. The number of hydrogen-bond acceptors (Lipinski definition) is 4. The molecule has 1 atom stereocenters. The van der Waals surface area contributed by atoms with Crippen molar-refractivity contribution in [3.63, 3.8) is 0 Å². The zero-order chi connectivity index (χ0) is 12.7. The second kappa shape index (κ2) is 6.70. The molecule has 4 heteroatoms. The Morgan fingerprint density at radius 3 is 2.65 bits per heavy atom. The van der Waals surface area contributed by atoms with E-state index < -0.39 is 5.97 Å². The first-order valence-corrected chi connectivity index (χ1v) is 5.38. The van der Waals surface area contributed by atoms with Crippen molar-refractivity contribution in [1.82, 2.24) is 0 Å². The van der Waals surface area contributed by atoms with Gasteiger partial charge in [-0.05, 0) is 19.1 Å². The van der Waals surface area contributed by atoms with Gasteiger partial charge >= 0.3 is 5.97 Å². The van der Waals surface area contributed by atoms with E-state index in [1.165, 1.54) is 0 Å². The molecule has 0 aliphatic heterocycles. The molecule has 0 aliphatic carbocycles. The molecular weight excluding hydrogens is 218 g/mol. The summed E-state index contributed by atoms with van der Waals surface area (Å²) in [5.74, 6) is -0.446. The molecule has 0 saturated carbocycles. The normalized spacial score (nSPS) is 11.6. The van der Waals surface area contributed by atoms with Gasteiger partial charge < -0.3 is 15.2 Å². The van der Waals surface area contributed by atoms with Crippen molar-refractivity contribution < 1.29 is 14.6 Å². The molecule has 2 N–H and O–H groups in total. The van der Waals surface area contributed by atoms with E-state index in [1.54, 1.807) is 6.92 Å². The molecule has 0 spiro atoms. The van der Waals surface area contributed by atoms with Gasteiger partial charge in [0.15, 0.2) is 0 Å². The molecule has 0 amide bonds. The monoisotopic (exact) mass is 235 g/mol. The summed E-state index contributed by atoms with van der Waals surface area (Å²) >= 11 is 0. The molecule has 1 unspecified atom stereocenters. The van der Waals surface area contributed by atoms with Crippen molar-refractivity contribution in [2.24, 2.45) is 0 Å². The number of anilines is 1. The van der Waals surface area contributed by atoms with Crippen LogP contribution in [0.4, 0.5) is 5.69 Å². The number of para-hydroxylation sites is 1. The SMILES string of the molecule is C=C(C)C(=O)OCC(CO)Nc1ccccc1. The minimum absolute atomic E-state index is 0.108. The summed E-state index contributed by atoms with van der Waals surface area (Å²) in [6, 6.07) is 9.11. The topological polar surface area (TPSA) is 58.6 Å². The van der Waals surface area contributed by atoms with E-state index in [9.17, 15) is 4.79 Å². The largest absolute Gasteiger partial charge is 0.460 e. The van der Waals surface area contributed by atoms with E-state index in [0.29, 0.717) is 5.57 Å². The van der Waals surface area contributed by atoms with Crippen LogP contribution in [0.15, 0.2) is 42.5 Å². The highest BCUT2D eigenvalue weighted by atomic mass is 16.5. The zero-order valence-corrected chi connectivity index (χ0v) is 9.85. The molecule has 92 valence electrons. The Hall–Kier alpha value is -1.81. The summed E-state index contributed by atoms with van der Waals surface area (Å²) in [4.78, 5) is 11.2. The van der Waals surface area contributed by atoms with E-state index >= 15 is 0 Å². The van der Waals surface area contributed by atoms with Crippen LogP contribution in [0.3, 0.4) is 0 Å².